The number of nitrogens with one attached hydrogen (secondary N) is 1. The fraction of sp³-hybridized carbons (Fsp3) is 0.286. The first-order valence-corrected chi connectivity index (χ1v) is 12.2. The molecule has 0 aliphatic carbocycles. The highest BCUT2D eigenvalue weighted by molar-refractivity contribution is 5.98. The molecule has 9 heteroatoms. The molecule has 2 aliphatic rings. The summed E-state index contributed by atoms with van der Waals surface area (Å²) < 4.78 is 19.9. The lowest BCUT2D eigenvalue weighted by atomic mass is 9.96. The molecule has 37 heavy (non-hydrogen) atoms. The minimum Gasteiger partial charge on any atom is -0.353 e. The van der Waals surface area contributed by atoms with Gasteiger partial charge in [0, 0.05) is 56.0 Å². The van der Waals surface area contributed by atoms with E-state index in [9.17, 15) is 18.8 Å². The fourth-order valence-electron chi connectivity index (χ4n) is 4.96. The highest BCUT2D eigenvalue weighted by Gasteiger charge is 2.54. The number of rotatable bonds is 5. The van der Waals surface area contributed by atoms with Gasteiger partial charge in [-0.25, -0.2) is 4.39 Å². The Labute approximate surface area is 214 Å². The van der Waals surface area contributed by atoms with Crippen LogP contribution < -0.4 is 5.32 Å². The molecule has 190 valence electrons. The second kappa shape index (κ2) is 10.5. The molecule has 2 aliphatic heterocycles. The van der Waals surface area contributed by atoms with Crippen LogP contribution in [0.1, 0.15) is 39.1 Å². The zero-order valence-corrected chi connectivity index (χ0v) is 20.2. The summed E-state index contributed by atoms with van der Waals surface area (Å²) in [5.41, 5.74) is 0.542. The Morgan fingerprint density at radius 2 is 1.73 bits per heavy atom. The number of piperidine rings is 1. The van der Waals surface area contributed by atoms with E-state index in [2.05, 4.69) is 10.3 Å². The minimum absolute atomic E-state index is 0.0509. The third kappa shape index (κ3) is 5.08. The molecule has 8 nitrogen and oxygen atoms in total. The third-order valence-corrected chi connectivity index (χ3v) is 6.90. The smallest absolute Gasteiger partial charge is 0.256 e. The van der Waals surface area contributed by atoms with E-state index in [1.807, 2.05) is 12.1 Å². The monoisotopic (exact) mass is 502 g/mol. The number of halogens is 1. The van der Waals surface area contributed by atoms with Crippen LogP contribution in [0.4, 0.5) is 4.39 Å². The van der Waals surface area contributed by atoms with Crippen LogP contribution in [0.2, 0.25) is 0 Å². The lowest BCUT2D eigenvalue weighted by molar-refractivity contribution is -0.128. The molecular formula is C28H27FN4O4. The third-order valence-electron chi connectivity index (χ3n) is 6.90. The van der Waals surface area contributed by atoms with Crippen molar-refractivity contribution in [3.63, 3.8) is 0 Å². The molecule has 1 unspecified atom stereocenters. The predicted octanol–water partition coefficient (Wildman–Crippen LogP) is 3.01. The Bertz CT molecular complexity index is 1280. The molecule has 0 radical (unpaired) electrons. The van der Waals surface area contributed by atoms with Gasteiger partial charge in [-0.1, -0.05) is 30.3 Å². The van der Waals surface area contributed by atoms with Crippen molar-refractivity contribution in [3.8, 4) is 0 Å². The van der Waals surface area contributed by atoms with Crippen molar-refractivity contribution >= 4 is 17.7 Å². The minimum atomic E-state index is -1.03. The lowest BCUT2D eigenvalue weighted by Crippen LogP contribution is -2.59. The normalized spacial score (nSPS) is 18.6. The molecule has 2 saturated heterocycles. The van der Waals surface area contributed by atoms with Gasteiger partial charge in [-0.15, -0.1) is 0 Å². The van der Waals surface area contributed by atoms with Crippen molar-refractivity contribution in [1.82, 2.24) is 20.1 Å². The average Bonchev–Trinajstić information content (AvgIpc) is 3.30. The number of ether oxygens (including phenoxy) is 1. The first kappa shape index (κ1) is 24.6. The van der Waals surface area contributed by atoms with Crippen LogP contribution in [0, 0.1) is 5.82 Å². The number of nitrogens with zero attached hydrogens (tertiary/aromatic N) is 3. The number of pyridine rings is 1. The van der Waals surface area contributed by atoms with Crippen molar-refractivity contribution in [3.05, 3.63) is 102 Å². The van der Waals surface area contributed by atoms with Crippen LogP contribution in [-0.2, 0) is 16.1 Å². The van der Waals surface area contributed by atoms with Crippen LogP contribution in [0.15, 0.2) is 79.1 Å². The van der Waals surface area contributed by atoms with Gasteiger partial charge in [-0.05, 0) is 42.0 Å². The predicted molar refractivity (Wildman–Crippen MR) is 133 cm³/mol. The van der Waals surface area contributed by atoms with Gasteiger partial charge < -0.3 is 15.0 Å². The number of carbonyl (C=O) groups is 3. The number of aromatic nitrogens is 1. The number of benzene rings is 2. The molecule has 1 aromatic heterocycles. The quantitative estimate of drug-likeness (QED) is 0.579. The maximum Gasteiger partial charge on any atom is 0.256 e. The van der Waals surface area contributed by atoms with Crippen molar-refractivity contribution < 1.29 is 23.5 Å². The number of carbonyl (C=O) groups excluding carboxylic acids is 3. The molecule has 1 spiro atoms. The zero-order chi connectivity index (χ0) is 25.8. The van der Waals surface area contributed by atoms with E-state index in [-0.39, 0.29) is 36.4 Å². The van der Waals surface area contributed by atoms with Gasteiger partial charge in [0.25, 0.3) is 11.8 Å². The molecule has 1 N–H and O–H groups in total. The number of hydrogen-bond donors (Lipinski definition) is 1. The van der Waals surface area contributed by atoms with E-state index in [4.69, 9.17) is 4.74 Å². The summed E-state index contributed by atoms with van der Waals surface area (Å²) in [5, 5.41) is 2.90. The molecule has 2 aromatic carbocycles. The maximum atomic E-state index is 13.7. The van der Waals surface area contributed by atoms with E-state index in [0.29, 0.717) is 31.5 Å². The van der Waals surface area contributed by atoms with Gasteiger partial charge in [0.2, 0.25) is 5.91 Å². The zero-order valence-electron chi connectivity index (χ0n) is 20.2. The molecule has 0 saturated carbocycles. The summed E-state index contributed by atoms with van der Waals surface area (Å²) in [6.07, 6.45) is 3.99. The SMILES string of the molecule is O=C(NCc1cccnc1)C1COC2(CCN(C(=O)c3cccc(F)c3)CC2)N1C(=O)c1ccccc1. The first-order valence-electron chi connectivity index (χ1n) is 12.2. The molecule has 3 amide bonds. The van der Waals surface area contributed by atoms with Crippen LogP contribution in [0.3, 0.4) is 0 Å². The summed E-state index contributed by atoms with van der Waals surface area (Å²) in [7, 11) is 0. The average molecular weight is 503 g/mol. The largest absolute Gasteiger partial charge is 0.353 e. The van der Waals surface area contributed by atoms with Crippen molar-refractivity contribution in [2.75, 3.05) is 19.7 Å². The highest BCUT2D eigenvalue weighted by atomic mass is 19.1. The Balaban J connectivity index is 1.35. The van der Waals surface area contributed by atoms with E-state index >= 15 is 0 Å². The second-order valence-electron chi connectivity index (χ2n) is 9.20. The lowest BCUT2D eigenvalue weighted by Gasteiger charge is -2.44. The van der Waals surface area contributed by atoms with E-state index in [1.54, 1.807) is 58.6 Å². The summed E-state index contributed by atoms with van der Waals surface area (Å²) in [5.74, 6) is -1.37. The second-order valence-corrected chi connectivity index (χ2v) is 9.20. The van der Waals surface area contributed by atoms with Crippen molar-refractivity contribution in [2.24, 2.45) is 0 Å². The van der Waals surface area contributed by atoms with E-state index in [0.717, 1.165) is 5.56 Å². The van der Waals surface area contributed by atoms with Gasteiger partial charge in [-0.2, -0.15) is 0 Å². The first-order chi connectivity index (χ1) is 18.0. The maximum absolute atomic E-state index is 13.7. The number of amides is 3. The van der Waals surface area contributed by atoms with Crippen molar-refractivity contribution in [2.45, 2.75) is 31.2 Å². The number of hydrogen-bond acceptors (Lipinski definition) is 5. The fourth-order valence-corrected chi connectivity index (χ4v) is 4.96. The van der Waals surface area contributed by atoms with Crippen LogP contribution in [-0.4, -0.2) is 64.0 Å². The summed E-state index contributed by atoms with van der Waals surface area (Å²) in [6.45, 7) is 0.935. The van der Waals surface area contributed by atoms with Gasteiger partial charge in [0.15, 0.2) is 0 Å². The van der Waals surface area contributed by atoms with Crippen LogP contribution >= 0.6 is 0 Å². The Kier molecular flexibility index (Phi) is 6.96. The Morgan fingerprint density at radius 1 is 0.973 bits per heavy atom. The Morgan fingerprint density at radius 3 is 2.43 bits per heavy atom. The molecule has 0 bridgehead atoms. The van der Waals surface area contributed by atoms with E-state index in [1.165, 1.54) is 18.2 Å². The molecular weight excluding hydrogens is 475 g/mol. The topological polar surface area (TPSA) is 91.8 Å². The molecule has 3 aromatic rings. The van der Waals surface area contributed by atoms with Gasteiger partial charge in [0.05, 0.1) is 6.61 Å². The van der Waals surface area contributed by atoms with Gasteiger partial charge in [0.1, 0.15) is 17.6 Å². The van der Waals surface area contributed by atoms with Gasteiger partial charge >= 0.3 is 0 Å². The Hall–Kier alpha value is -4.11. The number of likely N-dealkylation sites (tertiary alicyclic amines) is 1. The van der Waals surface area contributed by atoms with E-state index < -0.39 is 17.6 Å². The summed E-state index contributed by atoms with van der Waals surface area (Å²) in [6, 6.07) is 17.2. The van der Waals surface area contributed by atoms with Crippen LogP contribution in [0.5, 0.6) is 0 Å². The summed E-state index contributed by atoms with van der Waals surface area (Å²) >= 11 is 0. The highest BCUT2D eigenvalue weighted by Crippen LogP contribution is 2.38. The molecule has 3 heterocycles. The molecule has 2 fully saturated rings. The van der Waals surface area contributed by atoms with Gasteiger partial charge in [-0.3, -0.25) is 24.3 Å². The van der Waals surface area contributed by atoms with Crippen molar-refractivity contribution in [1.29, 1.82) is 0 Å². The van der Waals surface area contributed by atoms with Crippen LogP contribution in [0.25, 0.3) is 0 Å². The summed E-state index contributed by atoms with van der Waals surface area (Å²) in [4.78, 5) is 47.2. The molecule has 5 rings (SSSR count). The standard InChI is InChI=1S/C28H27FN4O4/c29-23-10-4-9-22(16-23)26(35)32-14-11-28(12-15-32)33(27(36)21-7-2-1-3-8-21)24(19-37-28)25(34)31-18-20-6-5-13-30-17-20/h1-10,13,16-17,24H,11-12,14-15,18-19H2,(H,31,34). The molecule has 1 atom stereocenters.